The maximum atomic E-state index is 11.8. The Bertz CT molecular complexity index is 360. The normalized spacial score (nSPS) is 11.4. The minimum Gasteiger partial charge on any atom is -0.494 e. The summed E-state index contributed by atoms with van der Waals surface area (Å²) >= 11 is 0. The van der Waals surface area contributed by atoms with Crippen LogP contribution in [0.4, 0.5) is 4.39 Å². The number of nitrogens with two attached hydrogens (primary N) is 2. The van der Waals surface area contributed by atoms with Crippen molar-refractivity contribution >= 4 is 18.3 Å². The SMILES string of the molecule is Cl.NC(=O)[C@@H](N)Cc1ccc(OCCCF)cc1. The largest absolute Gasteiger partial charge is 0.494 e. The molecule has 4 nitrogen and oxygen atoms in total. The van der Waals surface area contributed by atoms with Crippen LogP contribution in [-0.4, -0.2) is 25.2 Å². The fourth-order valence-corrected chi connectivity index (χ4v) is 1.32. The molecule has 0 radical (unpaired) electrons. The highest BCUT2D eigenvalue weighted by atomic mass is 35.5. The molecule has 1 atom stereocenters. The topological polar surface area (TPSA) is 78.3 Å². The molecule has 0 spiro atoms. The second-order valence-electron chi connectivity index (χ2n) is 3.75. The zero-order chi connectivity index (χ0) is 12.7. The minimum absolute atomic E-state index is 0. The second-order valence-corrected chi connectivity index (χ2v) is 3.75. The molecule has 18 heavy (non-hydrogen) atoms. The molecule has 0 aromatic heterocycles. The van der Waals surface area contributed by atoms with Gasteiger partial charge in [0, 0.05) is 6.42 Å². The van der Waals surface area contributed by atoms with Crippen LogP contribution in [0.5, 0.6) is 5.75 Å². The molecular weight excluding hydrogens is 259 g/mol. The number of halogens is 2. The number of alkyl halides is 1. The van der Waals surface area contributed by atoms with Crippen molar-refractivity contribution in [2.75, 3.05) is 13.3 Å². The summed E-state index contributed by atoms with van der Waals surface area (Å²) in [5.41, 5.74) is 11.5. The Hall–Kier alpha value is -1.33. The Morgan fingerprint density at radius 3 is 2.44 bits per heavy atom. The van der Waals surface area contributed by atoms with Crippen LogP contribution in [0.15, 0.2) is 24.3 Å². The van der Waals surface area contributed by atoms with Gasteiger partial charge in [-0.15, -0.1) is 12.4 Å². The summed E-state index contributed by atoms with van der Waals surface area (Å²) in [6.45, 7) is -0.0256. The Balaban J connectivity index is 0.00000289. The molecule has 1 rings (SSSR count). The minimum atomic E-state index is -0.673. The number of carbonyl (C=O) groups excluding carboxylic acids is 1. The van der Waals surface area contributed by atoms with E-state index in [0.29, 0.717) is 25.2 Å². The summed E-state index contributed by atoms with van der Waals surface area (Å²) in [5.74, 6) is 0.156. The molecule has 0 saturated heterocycles. The number of primary amides is 1. The number of hydrogen-bond donors (Lipinski definition) is 2. The fraction of sp³-hybridized carbons (Fsp3) is 0.417. The van der Waals surface area contributed by atoms with Crippen molar-refractivity contribution < 1.29 is 13.9 Å². The zero-order valence-corrected chi connectivity index (χ0v) is 10.8. The molecule has 1 aromatic carbocycles. The predicted octanol–water partition coefficient (Wildman–Crippen LogP) is 1.20. The van der Waals surface area contributed by atoms with Crippen LogP contribution < -0.4 is 16.2 Å². The highest BCUT2D eigenvalue weighted by Gasteiger charge is 2.09. The lowest BCUT2D eigenvalue weighted by Gasteiger charge is -2.09. The molecule has 0 aliphatic rings. The predicted molar refractivity (Wildman–Crippen MR) is 70.7 cm³/mol. The zero-order valence-electron chi connectivity index (χ0n) is 9.97. The highest BCUT2D eigenvalue weighted by molar-refractivity contribution is 5.85. The number of carbonyl (C=O) groups is 1. The van der Waals surface area contributed by atoms with E-state index in [0.717, 1.165) is 5.56 Å². The Morgan fingerprint density at radius 1 is 1.33 bits per heavy atom. The van der Waals surface area contributed by atoms with E-state index in [1.807, 2.05) is 12.1 Å². The first-order chi connectivity index (χ1) is 8.13. The van der Waals surface area contributed by atoms with E-state index in [4.69, 9.17) is 16.2 Å². The number of ether oxygens (including phenoxy) is 1. The first-order valence-corrected chi connectivity index (χ1v) is 5.46. The Morgan fingerprint density at radius 2 is 1.94 bits per heavy atom. The lowest BCUT2D eigenvalue weighted by atomic mass is 10.1. The average molecular weight is 277 g/mol. The van der Waals surface area contributed by atoms with Crippen LogP contribution in [0.3, 0.4) is 0 Å². The van der Waals surface area contributed by atoms with Gasteiger partial charge in [-0.1, -0.05) is 12.1 Å². The van der Waals surface area contributed by atoms with Gasteiger partial charge in [0.2, 0.25) is 5.91 Å². The van der Waals surface area contributed by atoms with Gasteiger partial charge in [-0.25, -0.2) is 0 Å². The molecule has 0 aliphatic heterocycles. The van der Waals surface area contributed by atoms with E-state index >= 15 is 0 Å². The first-order valence-electron chi connectivity index (χ1n) is 5.46. The van der Waals surface area contributed by atoms with Gasteiger partial charge in [0.15, 0.2) is 0 Å². The van der Waals surface area contributed by atoms with Crippen LogP contribution in [0.1, 0.15) is 12.0 Å². The molecule has 102 valence electrons. The van der Waals surface area contributed by atoms with Gasteiger partial charge in [0.05, 0.1) is 19.3 Å². The molecular formula is C12H18ClFN2O2. The van der Waals surface area contributed by atoms with Crippen LogP contribution in [0.25, 0.3) is 0 Å². The molecule has 0 bridgehead atoms. The van der Waals surface area contributed by atoms with E-state index in [2.05, 4.69) is 0 Å². The second kappa shape index (κ2) is 8.72. The standard InChI is InChI=1S/C12H17FN2O2.ClH/c13-6-1-7-17-10-4-2-9(3-5-10)8-11(14)12(15)16;/h2-5,11H,1,6-8,14H2,(H2,15,16);1H/t11-;/m0./s1. The monoisotopic (exact) mass is 276 g/mol. The van der Waals surface area contributed by atoms with E-state index < -0.39 is 11.9 Å². The van der Waals surface area contributed by atoms with E-state index in [-0.39, 0.29) is 19.1 Å². The molecule has 0 aliphatic carbocycles. The molecule has 0 fully saturated rings. The summed E-state index contributed by atoms with van der Waals surface area (Å²) in [6, 6.07) is 6.48. The summed E-state index contributed by atoms with van der Waals surface area (Å²) in [5, 5.41) is 0. The number of benzene rings is 1. The number of hydrogen-bond acceptors (Lipinski definition) is 3. The van der Waals surface area contributed by atoms with Gasteiger partial charge in [-0.05, 0) is 24.1 Å². The summed E-state index contributed by atoms with van der Waals surface area (Å²) < 4.78 is 17.1. The smallest absolute Gasteiger partial charge is 0.234 e. The van der Waals surface area contributed by atoms with Gasteiger partial charge in [-0.3, -0.25) is 9.18 Å². The van der Waals surface area contributed by atoms with E-state index in [1.54, 1.807) is 12.1 Å². The van der Waals surface area contributed by atoms with E-state index in [9.17, 15) is 9.18 Å². The van der Waals surface area contributed by atoms with Crippen LogP contribution >= 0.6 is 12.4 Å². The van der Waals surface area contributed by atoms with E-state index in [1.165, 1.54) is 0 Å². The van der Waals surface area contributed by atoms with Gasteiger partial charge in [0.1, 0.15) is 5.75 Å². The number of rotatable bonds is 7. The van der Waals surface area contributed by atoms with Crippen LogP contribution in [-0.2, 0) is 11.2 Å². The van der Waals surface area contributed by atoms with Crippen molar-refractivity contribution in [3.63, 3.8) is 0 Å². The molecule has 1 aromatic rings. The number of amides is 1. The van der Waals surface area contributed by atoms with Crippen molar-refractivity contribution in [2.45, 2.75) is 18.9 Å². The van der Waals surface area contributed by atoms with Crippen LogP contribution in [0, 0.1) is 0 Å². The maximum absolute atomic E-state index is 11.8. The molecule has 1 amide bonds. The van der Waals surface area contributed by atoms with Crippen molar-refractivity contribution in [3.05, 3.63) is 29.8 Å². The molecule has 0 unspecified atom stereocenters. The molecule has 6 heteroatoms. The lowest BCUT2D eigenvalue weighted by molar-refractivity contribution is -0.119. The summed E-state index contributed by atoms with van der Waals surface area (Å²) in [4.78, 5) is 10.8. The van der Waals surface area contributed by atoms with Crippen molar-refractivity contribution in [3.8, 4) is 5.75 Å². The average Bonchev–Trinajstić information content (AvgIpc) is 2.31. The third-order valence-corrected chi connectivity index (χ3v) is 2.29. The maximum Gasteiger partial charge on any atom is 0.234 e. The van der Waals surface area contributed by atoms with Crippen molar-refractivity contribution in [2.24, 2.45) is 11.5 Å². The highest BCUT2D eigenvalue weighted by Crippen LogP contribution is 2.13. The molecule has 0 heterocycles. The first kappa shape index (κ1) is 16.7. The Labute approximate surface area is 112 Å². The van der Waals surface area contributed by atoms with Crippen molar-refractivity contribution in [1.82, 2.24) is 0 Å². The van der Waals surface area contributed by atoms with Crippen molar-refractivity contribution in [1.29, 1.82) is 0 Å². The quantitative estimate of drug-likeness (QED) is 0.735. The fourth-order valence-electron chi connectivity index (χ4n) is 1.32. The summed E-state index contributed by atoms with van der Waals surface area (Å²) in [7, 11) is 0. The Kier molecular flexibility index (Phi) is 8.07. The molecule has 4 N–H and O–H groups in total. The van der Waals surface area contributed by atoms with Gasteiger partial charge < -0.3 is 16.2 Å². The van der Waals surface area contributed by atoms with Gasteiger partial charge in [0.25, 0.3) is 0 Å². The third-order valence-electron chi connectivity index (χ3n) is 2.29. The third kappa shape index (κ3) is 5.84. The van der Waals surface area contributed by atoms with Gasteiger partial charge >= 0.3 is 0 Å². The van der Waals surface area contributed by atoms with Gasteiger partial charge in [-0.2, -0.15) is 0 Å². The summed E-state index contributed by atoms with van der Waals surface area (Å²) in [6.07, 6.45) is 0.786. The molecule has 0 saturated carbocycles. The lowest BCUT2D eigenvalue weighted by Crippen LogP contribution is -2.38. The van der Waals surface area contributed by atoms with Crippen LogP contribution in [0.2, 0.25) is 0 Å².